The molecule has 290 valence electrons. The van der Waals surface area contributed by atoms with Crippen molar-refractivity contribution in [2.75, 3.05) is 32.8 Å². The van der Waals surface area contributed by atoms with E-state index in [1.165, 1.54) is 5.57 Å². The van der Waals surface area contributed by atoms with Crippen LogP contribution in [0.3, 0.4) is 0 Å². The monoisotopic (exact) mass is 712 g/mol. The normalized spacial score (nSPS) is 23.6. The van der Waals surface area contributed by atoms with Gasteiger partial charge in [-0.05, 0) is 120 Å². The van der Waals surface area contributed by atoms with Crippen LogP contribution in [0.4, 0.5) is 0 Å². The van der Waals surface area contributed by atoms with E-state index in [9.17, 15) is 14.4 Å². The molecule has 2 unspecified atom stereocenters. The number of esters is 3. The number of cyclic esters (lactones) is 2. The zero-order chi connectivity index (χ0) is 36.8. The van der Waals surface area contributed by atoms with E-state index in [4.69, 9.17) is 14.2 Å². The third kappa shape index (κ3) is 22.2. The smallest absolute Gasteiger partial charge is 0.320 e. The zero-order valence-electron chi connectivity index (χ0n) is 32.8. The molecule has 0 aromatic heterocycles. The molecule has 0 aromatic rings. The van der Waals surface area contributed by atoms with E-state index in [0.717, 1.165) is 167 Å². The van der Waals surface area contributed by atoms with Gasteiger partial charge in [-0.2, -0.15) is 0 Å². The van der Waals surface area contributed by atoms with Gasteiger partial charge in [0.25, 0.3) is 0 Å². The Morgan fingerprint density at radius 2 is 1.20 bits per heavy atom. The van der Waals surface area contributed by atoms with Crippen molar-refractivity contribution in [2.24, 2.45) is 11.8 Å². The van der Waals surface area contributed by atoms with Gasteiger partial charge in [-0.3, -0.25) is 19.3 Å². The quantitative estimate of drug-likeness (QED) is 0.0913. The summed E-state index contributed by atoms with van der Waals surface area (Å²) in [5.74, 6) is 0.110. The SMILES string of the molecule is C=C=C=C=C1C(CCCCC)CCOC(=O)CCCCCCCC(OC(=O)CN2CCCC2)CCCCCCCC(=O)OCCC1CCCCC. The van der Waals surface area contributed by atoms with Crippen LogP contribution >= 0.6 is 0 Å². The van der Waals surface area contributed by atoms with Crippen molar-refractivity contribution < 1.29 is 28.6 Å². The van der Waals surface area contributed by atoms with Gasteiger partial charge in [-0.1, -0.05) is 102 Å². The number of hydrogen-bond donors (Lipinski definition) is 0. The highest BCUT2D eigenvalue weighted by Gasteiger charge is 2.24. The summed E-state index contributed by atoms with van der Waals surface area (Å²) >= 11 is 0. The molecule has 2 aliphatic rings. The summed E-state index contributed by atoms with van der Waals surface area (Å²) in [7, 11) is 0. The predicted octanol–water partition coefficient (Wildman–Crippen LogP) is 10.8. The van der Waals surface area contributed by atoms with Crippen molar-refractivity contribution >= 4 is 17.9 Å². The van der Waals surface area contributed by atoms with Crippen LogP contribution in [0.25, 0.3) is 0 Å². The van der Waals surface area contributed by atoms with E-state index >= 15 is 0 Å². The molecule has 7 nitrogen and oxygen atoms in total. The summed E-state index contributed by atoms with van der Waals surface area (Å²) < 4.78 is 17.6. The largest absolute Gasteiger partial charge is 0.466 e. The maximum Gasteiger partial charge on any atom is 0.320 e. The Labute approximate surface area is 311 Å². The van der Waals surface area contributed by atoms with Crippen LogP contribution in [-0.2, 0) is 28.6 Å². The fourth-order valence-corrected chi connectivity index (χ4v) is 7.57. The van der Waals surface area contributed by atoms with Crippen LogP contribution in [0.1, 0.15) is 181 Å². The Morgan fingerprint density at radius 1 is 0.706 bits per heavy atom. The lowest BCUT2D eigenvalue weighted by Crippen LogP contribution is -2.31. The number of allylic oxidation sites excluding steroid dienone is 1. The molecule has 0 radical (unpaired) electrons. The maximum atomic E-state index is 12.7. The highest BCUT2D eigenvalue weighted by atomic mass is 16.5. The number of rotatable bonds is 11. The first-order valence-corrected chi connectivity index (χ1v) is 21.1. The first-order valence-electron chi connectivity index (χ1n) is 21.1. The highest BCUT2D eigenvalue weighted by molar-refractivity contribution is 5.72. The van der Waals surface area contributed by atoms with Gasteiger partial charge < -0.3 is 14.2 Å². The molecule has 2 saturated heterocycles. The first-order chi connectivity index (χ1) is 25.0. The molecule has 0 amide bonds. The minimum atomic E-state index is -0.118. The molecule has 2 fully saturated rings. The molecule has 0 spiro atoms. The topological polar surface area (TPSA) is 82.1 Å². The van der Waals surface area contributed by atoms with Crippen LogP contribution in [0.2, 0.25) is 0 Å². The van der Waals surface area contributed by atoms with Gasteiger partial charge in [0.2, 0.25) is 0 Å². The van der Waals surface area contributed by atoms with E-state index in [1.54, 1.807) is 0 Å². The van der Waals surface area contributed by atoms with Gasteiger partial charge in [0.05, 0.1) is 19.8 Å². The second-order valence-corrected chi connectivity index (χ2v) is 15.0. The Morgan fingerprint density at radius 3 is 1.69 bits per heavy atom. The number of hydrogen-bond acceptors (Lipinski definition) is 7. The van der Waals surface area contributed by atoms with Gasteiger partial charge in [-0.25, -0.2) is 0 Å². The van der Waals surface area contributed by atoms with Gasteiger partial charge in [0.1, 0.15) is 6.10 Å². The molecule has 0 saturated carbocycles. The molecule has 2 heterocycles. The Bertz CT molecular complexity index is 1030. The fraction of sp³-hybridized carbons (Fsp3) is 0.818. The van der Waals surface area contributed by atoms with E-state index in [1.807, 2.05) is 0 Å². The van der Waals surface area contributed by atoms with Crippen molar-refractivity contribution in [1.29, 1.82) is 0 Å². The molecule has 0 aromatic carbocycles. The van der Waals surface area contributed by atoms with Crippen molar-refractivity contribution in [2.45, 2.75) is 187 Å². The summed E-state index contributed by atoms with van der Waals surface area (Å²) in [5, 5.41) is 0. The standard InChI is InChI=1S/C44H73NO6/c1-4-7-16-24-38-31-35-49-42(46)29-20-14-10-12-18-26-40(51-44(48)37-45-33-22-23-34-45)27-19-13-11-15-21-30-43(47)50-36-32-39(25-17-8-5-2)41(38)28-9-6-3/h38-40H,3-5,7-8,10-27,29-37H2,1-2H3. The number of ether oxygens (including phenoxy) is 3. The molecule has 0 N–H and O–H groups in total. The van der Waals surface area contributed by atoms with Crippen LogP contribution in [0.15, 0.2) is 29.3 Å². The Hall–Kier alpha value is -2.55. The number of carbonyl (C=O) groups is 3. The summed E-state index contributed by atoms with van der Waals surface area (Å²) in [6.45, 7) is 11.3. The van der Waals surface area contributed by atoms with Gasteiger partial charge in [0.15, 0.2) is 0 Å². The highest BCUT2D eigenvalue weighted by Crippen LogP contribution is 2.33. The molecule has 7 heteroatoms. The first kappa shape index (κ1) is 44.6. The third-order valence-corrected chi connectivity index (χ3v) is 10.6. The van der Waals surface area contributed by atoms with Crippen molar-refractivity contribution in [3.05, 3.63) is 29.3 Å². The van der Waals surface area contributed by atoms with E-state index in [-0.39, 0.29) is 35.8 Å². The fourth-order valence-electron chi connectivity index (χ4n) is 7.57. The summed E-state index contributed by atoms with van der Waals surface area (Å²) in [6.07, 6.45) is 25.4. The van der Waals surface area contributed by atoms with Crippen LogP contribution in [-0.4, -0.2) is 61.8 Å². The lowest BCUT2D eigenvalue weighted by molar-refractivity contribution is -0.151. The van der Waals surface area contributed by atoms with Crippen molar-refractivity contribution in [1.82, 2.24) is 4.90 Å². The maximum absolute atomic E-state index is 12.7. The minimum Gasteiger partial charge on any atom is -0.466 e. The third-order valence-electron chi connectivity index (χ3n) is 10.6. The minimum absolute atomic E-state index is 0.0288. The molecule has 51 heavy (non-hydrogen) atoms. The van der Waals surface area contributed by atoms with Crippen LogP contribution in [0, 0.1) is 11.8 Å². The van der Waals surface area contributed by atoms with Crippen LogP contribution < -0.4 is 0 Å². The van der Waals surface area contributed by atoms with Gasteiger partial charge in [-0.15, -0.1) is 0 Å². The number of unbranched alkanes of at least 4 members (excludes halogenated alkanes) is 4. The molecular weight excluding hydrogens is 638 g/mol. The number of carbonyl (C=O) groups excluding carboxylic acids is 3. The molecular formula is C44H73NO6. The molecule has 2 atom stereocenters. The Kier molecular flexibility index (Phi) is 26.2. The second-order valence-electron chi connectivity index (χ2n) is 15.0. The predicted molar refractivity (Wildman–Crippen MR) is 206 cm³/mol. The average Bonchev–Trinajstić information content (AvgIpc) is 3.62. The van der Waals surface area contributed by atoms with Gasteiger partial charge in [0, 0.05) is 12.8 Å². The zero-order valence-corrected chi connectivity index (χ0v) is 32.8. The molecule has 2 aliphatic heterocycles. The van der Waals surface area contributed by atoms with E-state index < -0.39 is 0 Å². The van der Waals surface area contributed by atoms with E-state index in [2.05, 4.69) is 42.5 Å². The summed E-state index contributed by atoms with van der Waals surface area (Å²) in [5.41, 5.74) is 10.4. The summed E-state index contributed by atoms with van der Waals surface area (Å²) in [6, 6.07) is 0. The van der Waals surface area contributed by atoms with Gasteiger partial charge >= 0.3 is 17.9 Å². The average molecular weight is 712 g/mol. The Balaban J connectivity index is 2.06. The molecule has 0 bridgehead atoms. The number of likely N-dealkylation sites (tertiary alicyclic amines) is 1. The molecule has 2 rings (SSSR count). The second kappa shape index (κ2) is 30.0. The van der Waals surface area contributed by atoms with Crippen LogP contribution in [0.5, 0.6) is 0 Å². The summed E-state index contributed by atoms with van der Waals surface area (Å²) in [4.78, 5) is 40.4. The van der Waals surface area contributed by atoms with Crippen molar-refractivity contribution in [3.63, 3.8) is 0 Å². The lowest BCUT2D eigenvalue weighted by Gasteiger charge is -2.26. The van der Waals surface area contributed by atoms with E-state index in [0.29, 0.717) is 32.6 Å². The molecule has 0 aliphatic carbocycles. The number of nitrogens with zero attached hydrogens (tertiary/aromatic N) is 1. The lowest BCUT2D eigenvalue weighted by atomic mass is 9.79. The van der Waals surface area contributed by atoms with Crippen molar-refractivity contribution in [3.8, 4) is 0 Å².